The summed E-state index contributed by atoms with van der Waals surface area (Å²) in [6.45, 7) is 7.73. The van der Waals surface area contributed by atoms with Crippen LogP contribution in [-0.2, 0) is 9.31 Å². The highest BCUT2D eigenvalue weighted by atomic mass is 19.4. The molecule has 0 radical (unpaired) electrons. The van der Waals surface area contributed by atoms with Gasteiger partial charge in [-0.3, -0.25) is 0 Å². The Morgan fingerprint density at radius 1 is 1.00 bits per heavy atom. The van der Waals surface area contributed by atoms with E-state index < -0.39 is 24.7 Å². The summed E-state index contributed by atoms with van der Waals surface area (Å²) in [4.78, 5) is 8.27. The molecule has 27 heavy (non-hydrogen) atoms. The molecule has 3 rings (SSSR count). The highest BCUT2D eigenvalue weighted by Gasteiger charge is 2.51. The molecular weight excluding hydrogens is 362 g/mol. The average Bonchev–Trinajstić information content (AvgIpc) is 2.77. The van der Waals surface area contributed by atoms with Crippen LogP contribution in [0.25, 0.3) is 0 Å². The van der Waals surface area contributed by atoms with Gasteiger partial charge in [0.25, 0.3) is 0 Å². The maximum absolute atomic E-state index is 12.5. The summed E-state index contributed by atoms with van der Waals surface area (Å²) in [5.41, 5.74) is -0.289. The average molecular weight is 381 g/mol. The third-order valence-corrected chi connectivity index (χ3v) is 4.56. The first-order valence-electron chi connectivity index (χ1n) is 8.26. The number of hydrogen-bond acceptors (Lipinski definition) is 6. The zero-order chi connectivity index (χ0) is 19.9. The number of ether oxygens (including phenoxy) is 1. The minimum absolute atomic E-state index is 0.0956. The van der Waals surface area contributed by atoms with Crippen molar-refractivity contribution in [2.24, 2.45) is 0 Å². The van der Waals surface area contributed by atoms with Crippen molar-refractivity contribution in [3.05, 3.63) is 36.7 Å². The van der Waals surface area contributed by atoms with Gasteiger partial charge in [-0.1, -0.05) is 12.1 Å². The largest absolute Gasteiger partial charge is 0.573 e. The predicted octanol–water partition coefficient (Wildman–Crippen LogP) is 3.42. The monoisotopic (exact) mass is 381 g/mol. The molecule has 1 N–H and O–H groups in total. The standard InChI is InChI=1S/C17H19BF3N3O3/c1-15(2)16(3,4)27-18(26-15)11-9-22-14(23-10-11)24-12-7-5-6-8-13(12)25-17(19,20)21/h5-10H,1-4H3,(H,22,23,24). The van der Waals surface area contributed by atoms with E-state index in [2.05, 4.69) is 20.0 Å². The molecule has 1 saturated heterocycles. The number of nitrogens with one attached hydrogen (secondary N) is 1. The van der Waals surface area contributed by atoms with E-state index in [-0.39, 0.29) is 17.4 Å². The van der Waals surface area contributed by atoms with Crippen molar-refractivity contribution in [2.45, 2.75) is 45.3 Å². The van der Waals surface area contributed by atoms with E-state index >= 15 is 0 Å². The lowest BCUT2D eigenvalue weighted by molar-refractivity contribution is -0.274. The second kappa shape index (κ2) is 6.68. The molecule has 1 aromatic heterocycles. The SMILES string of the molecule is CC1(C)OB(c2cnc(Nc3ccccc3OC(F)(F)F)nc2)OC1(C)C. The lowest BCUT2D eigenvalue weighted by Gasteiger charge is -2.32. The second-order valence-corrected chi connectivity index (χ2v) is 7.10. The summed E-state index contributed by atoms with van der Waals surface area (Å²) in [6, 6.07) is 5.65. The van der Waals surface area contributed by atoms with Gasteiger partial charge in [-0.15, -0.1) is 13.2 Å². The molecule has 1 fully saturated rings. The Morgan fingerprint density at radius 2 is 1.56 bits per heavy atom. The van der Waals surface area contributed by atoms with Gasteiger partial charge >= 0.3 is 13.5 Å². The van der Waals surface area contributed by atoms with Gasteiger partial charge in [0.2, 0.25) is 5.95 Å². The first-order valence-corrected chi connectivity index (χ1v) is 8.26. The molecule has 2 aromatic rings. The van der Waals surface area contributed by atoms with Crippen LogP contribution in [0.2, 0.25) is 0 Å². The summed E-state index contributed by atoms with van der Waals surface area (Å²) >= 11 is 0. The van der Waals surface area contributed by atoms with E-state index in [1.165, 1.54) is 30.6 Å². The van der Waals surface area contributed by atoms with Crippen LogP contribution in [0.4, 0.5) is 24.8 Å². The van der Waals surface area contributed by atoms with E-state index in [0.29, 0.717) is 5.46 Å². The van der Waals surface area contributed by atoms with Crippen LogP contribution in [0.15, 0.2) is 36.7 Å². The summed E-state index contributed by atoms with van der Waals surface area (Å²) in [6.07, 6.45) is -1.78. The van der Waals surface area contributed by atoms with E-state index in [0.717, 1.165) is 0 Å². The number of hydrogen-bond donors (Lipinski definition) is 1. The number of nitrogens with zero attached hydrogens (tertiary/aromatic N) is 2. The van der Waals surface area contributed by atoms with Crippen molar-refractivity contribution in [1.82, 2.24) is 9.97 Å². The number of aromatic nitrogens is 2. The number of anilines is 2. The fourth-order valence-corrected chi connectivity index (χ4v) is 2.41. The zero-order valence-corrected chi connectivity index (χ0v) is 15.3. The highest BCUT2D eigenvalue weighted by molar-refractivity contribution is 6.61. The summed E-state index contributed by atoms with van der Waals surface area (Å²) in [5.74, 6) is -0.253. The van der Waals surface area contributed by atoms with E-state index in [9.17, 15) is 13.2 Å². The molecule has 0 atom stereocenters. The summed E-state index contributed by atoms with van der Waals surface area (Å²) in [5, 5.41) is 2.72. The fourth-order valence-electron chi connectivity index (χ4n) is 2.41. The molecule has 1 aliphatic heterocycles. The predicted molar refractivity (Wildman–Crippen MR) is 94.2 cm³/mol. The van der Waals surface area contributed by atoms with E-state index in [4.69, 9.17) is 9.31 Å². The number of alkyl halides is 3. The molecule has 2 heterocycles. The van der Waals surface area contributed by atoms with Crippen LogP contribution >= 0.6 is 0 Å². The Hall–Kier alpha value is -2.33. The van der Waals surface area contributed by atoms with Crippen LogP contribution in [0, 0.1) is 0 Å². The molecule has 0 saturated carbocycles. The second-order valence-electron chi connectivity index (χ2n) is 7.10. The van der Waals surface area contributed by atoms with Gasteiger partial charge < -0.3 is 19.4 Å². The molecule has 1 aliphatic rings. The Bertz CT molecular complexity index is 797. The molecule has 1 aromatic carbocycles. The molecule has 6 nitrogen and oxygen atoms in total. The van der Waals surface area contributed by atoms with E-state index in [1.54, 1.807) is 6.07 Å². The Balaban J connectivity index is 1.75. The van der Waals surface area contributed by atoms with Crippen molar-refractivity contribution >= 4 is 24.2 Å². The lowest BCUT2D eigenvalue weighted by atomic mass is 9.81. The maximum atomic E-state index is 12.5. The maximum Gasteiger partial charge on any atom is 0.573 e. The van der Waals surface area contributed by atoms with E-state index in [1.807, 2.05) is 27.7 Å². The molecule has 0 amide bonds. The van der Waals surface area contributed by atoms with Crippen LogP contribution in [0.1, 0.15) is 27.7 Å². The molecule has 144 valence electrons. The molecule has 0 spiro atoms. The first-order chi connectivity index (χ1) is 12.5. The fraction of sp³-hybridized carbons (Fsp3) is 0.412. The van der Waals surface area contributed by atoms with Crippen molar-refractivity contribution in [3.8, 4) is 5.75 Å². The van der Waals surface area contributed by atoms with Gasteiger partial charge in [0, 0.05) is 17.9 Å². The van der Waals surface area contributed by atoms with Crippen LogP contribution in [-0.4, -0.2) is 34.7 Å². The van der Waals surface area contributed by atoms with Crippen molar-refractivity contribution in [3.63, 3.8) is 0 Å². The van der Waals surface area contributed by atoms with Crippen LogP contribution in [0.3, 0.4) is 0 Å². The van der Waals surface area contributed by atoms with Crippen molar-refractivity contribution in [2.75, 3.05) is 5.32 Å². The van der Waals surface area contributed by atoms with Crippen LogP contribution in [0.5, 0.6) is 5.75 Å². The quantitative estimate of drug-likeness (QED) is 0.819. The van der Waals surface area contributed by atoms with Gasteiger partial charge in [0.15, 0.2) is 5.75 Å². The number of benzene rings is 1. The third kappa shape index (κ3) is 4.33. The molecule has 10 heteroatoms. The number of rotatable bonds is 4. The summed E-state index contributed by atoms with van der Waals surface area (Å²) in [7, 11) is -0.620. The Kier molecular flexibility index (Phi) is 4.81. The normalized spacial score (nSPS) is 18.4. The van der Waals surface area contributed by atoms with Crippen LogP contribution < -0.4 is 15.5 Å². The van der Waals surface area contributed by atoms with Gasteiger partial charge in [-0.25, -0.2) is 9.97 Å². The lowest BCUT2D eigenvalue weighted by Crippen LogP contribution is -2.41. The minimum atomic E-state index is -4.79. The van der Waals surface area contributed by atoms with Gasteiger partial charge in [-0.05, 0) is 39.8 Å². The van der Waals surface area contributed by atoms with Crippen molar-refractivity contribution < 1.29 is 27.2 Å². The molecule has 0 bridgehead atoms. The molecular formula is C17H19BF3N3O3. The number of halogens is 3. The van der Waals surface area contributed by atoms with Gasteiger partial charge in [0.05, 0.1) is 16.9 Å². The first kappa shape index (κ1) is 19.4. The minimum Gasteiger partial charge on any atom is -0.404 e. The number of para-hydroxylation sites is 2. The third-order valence-electron chi connectivity index (χ3n) is 4.56. The highest BCUT2D eigenvalue weighted by Crippen LogP contribution is 2.36. The molecule has 0 aliphatic carbocycles. The molecule has 0 unspecified atom stereocenters. The van der Waals surface area contributed by atoms with Gasteiger partial charge in [-0.2, -0.15) is 0 Å². The zero-order valence-electron chi connectivity index (χ0n) is 15.3. The summed E-state index contributed by atoms with van der Waals surface area (Å²) < 4.78 is 53.3. The Morgan fingerprint density at radius 3 is 2.11 bits per heavy atom. The smallest absolute Gasteiger partial charge is 0.404 e. The van der Waals surface area contributed by atoms with Crippen molar-refractivity contribution in [1.29, 1.82) is 0 Å². The topological polar surface area (TPSA) is 65.5 Å². The van der Waals surface area contributed by atoms with Gasteiger partial charge in [0.1, 0.15) is 0 Å². The Labute approximate surface area is 155 Å².